The van der Waals surface area contributed by atoms with Crippen LogP contribution >= 0.6 is 11.3 Å². The van der Waals surface area contributed by atoms with Crippen LogP contribution in [0.2, 0.25) is 0 Å². The molecule has 5 heteroatoms. The van der Waals surface area contributed by atoms with Crippen molar-refractivity contribution in [3.8, 4) is 0 Å². The van der Waals surface area contributed by atoms with Crippen LogP contribution < -0.4 is 5.32 Å². The van der Waals surface area contributed by atoms with E-state index in [9.17, 15) is 9.90 Å². The monoisotopic (exact) mass is 310 g/mol. The van der Waals surface area contributed by atoms with Crippen LogP contribution in [0, 0.1) is 6.92 Å². The number of thiazole rings is 1. The summed E-state index contributed by atoms with van der Waals surface area (Å²) in [5.74, 6) is -0.0385. The Balaban J connectivity index is 1.73. The van der Waals surface area contributed by atoms with E-state index in [1.54, 1.807) is 11.3 Å². The van der Waals surface area contributed by atoms with Crippen molar-refractivity contribution in [3.63, 3.8) is 0 Å². The lowest BCUT2D eigenvalue weighted by molar-refractivity contribution is -0.127. The predicted octanol–water partition coefficient (Wildman–Crippen LogP) is 2.76. The molecule has 1 aromatic rings. The second-order valence-electron chi connectivity index (χ2n) is 6.03. The summed E-state index contributed by atoms with van der Waals surface area (Å²) in [6.45, 7) is 4.81. The fourth-order valence-electron chi connectivity index (χ4n) is 2.98. The first kappa shape index (κ1) is 16.4. The molecule has 21 heavy (non-hydrogen) atoms. The van der Waals surface area contributed by atoms with Crippen LogP contribution in [0.15, 0.2) is 0 Å². The molecule has 0 saturated heterocycles. The quantitative estimate of drug-likeness (QED) is 0.849. The molecule has 1 heterocycles. The van der Waals surface area contributed by atoms with Crippen LogP contribution in [0.25, 0.3) is 0 Å². The third-order valence-corrected chi connectivity index (χ3v) is 5.28. The predicted molar refractivity (Wildman–Crippen MR) is 85.6 cm³/mol. The number of amides is 1. The third-order valence-electron chi connectivity index (χ3n) is 4.21. The molecule has 1 saturated carbocycles. The summed E-state index contributed by atoms with van der Waals surface area (Å²) < 4.78 is 0. The molecule has 0 spiro atoms. The lowest BCUT2D eigenvalue weighted by atomic mass is 9.82. The molecule has 0 radical (unpaired) electrons. The van der Waals surface area contributed by atoms with Gasteiger partial charge < -0.3 is 10.4 Å². The molecule has 0 unspecified atom stereocenters. The highest BCUT2D eigenvalue weighted by Gasteiger charge is 2.31. The number of carbonyl (C=O) groups is 1. The molecular weight excluding hydrogens is 284 g/mol. The summed E-state index contributed by atoms with van der Waals surface area (Å²) >= 11 is 1.71. The van der Waals surface area contributed by atoms with Crippen molar-refractivity contribution < 1.29 is 9.90 Å². The van der Waals surface area contributed by atoms with E-state index in [0.29, 0.717) is 6.54 Å². The summed E-state index contributed by atoms with van der Waals surface area (Å²) in [5.41, 5.74) is 0.396. The van der Waals surface area contributed by atoms with E-state index in [2.05, 4.69) is 24.1 Å². The molecule has 0 aromatic carbocycles. The Labute approximate surface area is 131 Å². The fourth-order valence-corrected chi connectivity index (χ4v) is 4.00. The zero-order valence-corrected chi connectivity index (χ0v) is 13.9. The second-order valence-corrected chi connectivity index (χ2v) is 7.31. The molecular formula is C16H26N2O2S. The number of hydrogen-bond acceptors (Lipinski definition) is 4. The molecule has 4 nitrogen and oxygen atoms in total. The van der Waals surface area contributed by atoms with Crippen molar-refractivity contribution >= 4 is 17.2 Å². The van der Waals surface area contributed by atoms with Crippen molar-refractivity contribution in [2.45, 2.75) is 70.8 Å². The van der Waals surface area contributed by atoms with Crippen molar-refractivity contribution in [1.29, 1.82) is 0 Å². The summed E-state index contributed by atoms with van der Waals surface area (Å²) in [4.78, 5) is 17.8. The van der Waals surface area contributed by atoms with E-state index in [1.165, 1.54) is 11.3 Å². The summed E-state index contributed by atoms with van der Waals surface area (Å²) in [6, 6.07) is 0. The normalized spacial score (nSPS) is 17.7. The molecule has 0 aliphatic heterocycles. The van der Waals surface area contributed by atoms with Gasteiger partial charge in [-0.05, 0) is 26.2 Å². The molecule has 2 rings (SSSR count). The largest absolute Gasteiger partial charge is 0.389 e. The Hall–Kier alpha value is -0.940. The van der Waals surface area contributed by atoms with Crippen LogP contribution in [-0.4, -0.2) is 28.1 Å². The molecule has 118 valence electrons. The highest BCUT2D eigenvalue weighted by molar-refractivity contribution is 7.11. The van der Waals surface area contributed by atoms with E-state index in [1.807, 2.05) is 0 Å². The second kappa shape index (κ2) is 7.36. The van der Waals surface area contributed by atoms with Crippen LogP contribution in [-0.2, 0) is 17.6 Å². The van der Waals surface area contributed by atoms with Crippen LogP contribution in [0.5, 0.6) is 0 Å². The van der Waals surface area contributed by atoms with Crippen LogP contribution in [0.4, 0.5) is 0 Å². The average molecular weight is 310 g/mol. The standard InChI is InChI=1S/C16H26N2O2S/c1-3-13-12(2)21-15(18-13)7-10-17-14(19)11-16(20)8-5-4-6-9-16/h20H,3-11H2,1-2H3,(H,17,19). The summed E-state index contributed by atoms with van der Waals surface area (Å²) in [6.07, 6.45) is 6.72. The maximum Gasteiger partial charge on any atom is 0.222 e. The Morgan fingerprint density at radius 1 is 1.38 bits per heavy atom. The summed E-state index contributed by atoms with van der Waals surface area (Å²) in [5, 5.41) is 14.4. The molecule has 1 amide bonds. The first-order valence-corrected chi connectivity index (χ1v) is 8.78. The number of hydrogen-bond donors (Lipinski definition) is 2. The molecule has 1 aliphatic carbocycles. The first-order valence-electron chi connectivity index (χ1n) is 7.97. The van der Waals surface area contributed by atoms with Gasteiger partial charge in [0.2, 0.25) is 5.91 Å². The minimum Gasteiger partial charge on any atom is -0.389 e. The van der Waals surface area contributed by atoms with Gasteiger partial charge >= 0.3 is 0 Å². The summed E-state index contributed by atoms with van der Waals surface area (Å²) in [7, 11) is 0. The van der Waals surface area contributed by atoms with Crippen LogP contribution in [0.1, 0.15) is 61.0 Å². The molecule has 1 aromatic heterocycles. The number of rotatable bonds is 6. The van der Waals surface area contributed by atoms with Gasteiger partial charge in [0.25, 0.3) is 0 Å². The van der Waals surface area contributed by atoms with Crippen molar-refractivity contribution in [3.05, 3.63) is 15.6 Å². The van der Waals surface area contributed by atoms with Gasteiger partial charge in [-0.25, -0.2) is 4.98 Å². The Bertz CT molecular complexity index is 479. The zero-order valence-electron chi connectivity index (χ0n) is 13.1. The van der Waals surface area contributed by atoms with Gasteiger partial charge in [-0.1, -0.05) is 26.2 Å². The Morgan fingerprint density at radius 2 is 2.10 bits per heavy atom. The van der Waals surface area contributed by atoms with Gasteiger partial charge in [0.1, 0.15) is 0 Å². The number of aromatic nitrogens is 1. The fraction of sp³-hybridized carbons (Fsp3) is 0.750. The number of aliphatic hydroxyl groups is 1. The third kappa shape index (κ3) is 4.78. The molecule has 0 atom stereocenters. The van der Waals surface area contributed by atoms with E-state index in [0.717, 1.165) is 49.2 Å². The van der Waals surface area contributed by atoms with Crippen molar-refractivity contribution in [2.75, 3.05) is 6.54 Å². The van der Waals surface area contributed by atoms with Gasteiger partial charge in [0.05, 0.1) is 22.7 Å². The van der Waals surface area contributed by atoms with Crippen molar-refractivity contribution in [2.24, 2.45) is 0 Å². The van der Waals surface area contributed by atoms with E-state index >= 15 is 0 Å². The number of nitrogens with zero attached hydrogens (tertiary/aromatic N) is 1. The molecule has 2 N–H and O–H groups in total. The molecule has 0 bridgehead atoms. The number of aryl methyl sites for hydroxylation is 2. The molecule has 1 fully saturated rings. The lowest BCUT2D eigenvalue weighted by Crippen LogP contribution is -2.38. The van der Waals surface area contributed by atoms with E-state index in [4.69, 9.17) is 0 Å². The van der Waals surface area contributed by atoms with Crippen molar-refractivity contribution in [1.82, 2.24) is 10.3 Å². The minimum atomic E-state index is -0.768. The maximum absolute atomic E-state index is 11.9. The number of nitrogens with one attached hydrogen (secondary N) is 1. The smallest absolute Gasteiger partial charge is 0.222 e. The van der Waals surface area contributed by atoms with Gasteiger partial charge in [-0.15, -0.1) is 11.3 Å². The molecule has 1 aliphatic rings. The average Bonchev–Trinajstić information content (AvgIpc) is 2.79. The Morgan fingerprint density at radius 3 is 2.71 bits per heavy atom. The Kier molecular flexibility index (Phi) is 5.76. The van der Waals surface area contributed by atoms with Gasteiger partial charge in [0, 0.05) is 17.8 Å². The maximum atomic E-state index is 11.9. The number of carbonyl (C=O) groups excluding carboxylic acids is 1. The topological polar surface area (TPSA) is 62.2 Å². The zero-order chi connectivity index (χ0) is 15.3. The van der Waals surface area contributed by atoms with Gasteiger partial charge in [-0.3, -0.25) is 4.79 Å². The highest BCUT2D eigenvalue weighted by atomic mass is 32.1. The SMILES string of the molecule is CCc1nc(CCNC(=O)CC2(O)CCCCC2)sc1C. The first-order chi connectivity index (χ1) is 10.0. The lowest BCUT2D eigenvalue weighted by Gasteiger charge is -2.31. The van der Waals surface area contributed by atoms with Gasteiger partial charge in [0.15, 0.2) is 0 Å². The van der Waals surface area contributed by atoms with E-state index < -0.39 is 5.60 Å². The van der Waals surface area contributed by atoms with Gasteiger partial charge in [-0.2, -0.15) is 0 Å². The van der Waals surface area contributed by atoms with Crippen LogP contribution in [0.3, 0.4) is 0 Å². The highest BCUT2D eigenvalue weighted by Crippen LogP contribution is 2.30. The minimum absolute atomic E-state index is 0.0385. The van der Waals surface area contributed by atoms with E-state index in [-0.39, 0.29) is 12.3 Å².